The second kappa shape index (κ2) is 5.34. The number of nitrogen functional groups attached to an aromatic ring is 1. The molecule has 1 aliphatic rings. The quantitative estimate of drug-likeness (QED) is 0.817. The molecule has 0 amide bonds. The van der Waals surface area contributed by atoms with Gasteiger partial charge in [-0.1, -0.05) is 0 Å². The van der Waals surface area contributed by atoms with Crippen LogP contribution in [0.3, 0.4) is 0 Å². The molecule has 5 nitrogen and oxygen atoms in total. The molecule has 1 heterocycles. The van der Waals surface area contributed by atoms with Gasteiger partial charge >= 0.3 is 0 Å². The standard InChI is InChI=1S/C12H18FN3O2S/c1-15-19(17,18)10-2-3-12(11(14)8-10)16-6-4-9(13)5-7-16/h2-3,8-9,15H,4-7,14H2,1H3. The number of nitrogens with one attached hydrogen (secondary N) is 1. The number of benzene rings is 1. The van der Waals surface area contributed by atoms with E-state index in [1.54, 1.807) is 6.07 Å². The van der Waals surface area contributed by atoms with Crippen molar-refractivity contribution in [3.05, 3.63) is 18.2 Å². The third-order valence-corrected chi connectivity index (χ3v) is 4.76. The van der Waals surface area contributed by atoms with Crippen LogP contribution in [-0.4, -0.2) is 34.7 Å². The minimum atomic E-state index is -3.49. The zero-order valence-electron chi connectivity index (χ0n) is 10.8. The van der Waals surface area contributed by atoms with Crippen LogP contribution in [0.15, 0.2) is 23.1 Å². The molecule has 0 saturated carbocycles. The average molecular weight is 287 g/mol. The summed E-state index contributed by atoms with van der Waals surface area (Å²) in [6.07, 6.45) is 0.216. The molecular formula is C12H18FN3O2S. The van der Waals surface area contributed by atoms with Crippen molar-refractivity contribution < 1.29 is 12.8 Å². The number of hydrogen-bond donors (Lipinski definition) is 2. The second-order valence-corrected chi connectivity index (χ2v) is 6.48. The van der Waals surface area contributed by atoms with Gasteiger partial charge in [0.15, 0.2) is 0 Å². The molecule has 0 aromatic heterocycles. The zero-order valence-corrected chi connectivity index (χ0v) is 11.6. The minimum Gasteiger partial charge on any atom is -0.397 e. The molecule has 1 aromatic carbocycles. The molecule has 1 fully saturated rings. The first-order chi connectivity index (χ1) is 8.94. The smallest absolute Gasteiger partial charge is 0.240 e. The molecule has 0 unspecified atom stereocenters. The van der Waals surface area contributed by atoms with Crippen molar-refractivity contribution in [2.75, 3.05) is 30.8 Å². The van der Waals surface area contributed by atoms with Crippen molar-refractivity contribution in [2.24, 2.45) is 0 Å². The molecule has 106 valence electrons. The van der Waals surface area contributed by atoms with E-state index in [2.05, 4.69) is 4.72 Å². The fourth-order valence-corrected chi connectivity index (χ4v) is 2.96. The van der Waals surface area contributed by atoms with E-state index in [1.165, 1.54) is 19.2 Å². The lowest BCUT2D eigenvalue weighted by Gasteiger charge is -2.31. The third kappa shape index (κ3) is 2.98. The molecule has 1 aliphatic heterocycles. The lowest BCUT2D eigenvalue weighted by atomic mass is 10.1. The van der Waals surface area contributed by atoms with Crippen molar-refractivity contribution in [1.29, 1.82) is 0 Å². The largest absolute Gasteiger partial charge is 0.397 e. The number of rotatable bonds is 3. The highest BCUT2D eigenvalue weighted by Gasteiger charge is 2.21. The number of anilines is 2. The Bertz CT molecular complexity index is 554. The van der Waals surface area contributed by atoms with Gasteiger partial charge in [-0.05, 0) is 38.1 Å². The van der Waals surface area contributed by atoms with Gasteiger partial charge in [0.05, 0.1) is 16.3 Å². The first kappa shape index (κ1) is 14.1. The summed E-state index contributed by atoms with van der Waals surface area (Å²) in [7, 11) is -2.13. The summed E-state index contributed by atoms with van der Waals surface area (Å²) in [6.45, 7) is 1.20. The topological polar surface area (TPSA) is 75.4 Å². The van der Waals surface area contributed by atoms with E-state index in [-0.39, 0.29) is 4.90 Å². The Morgan fingerprint density at radius 2 is 2.00 bits per heavy atom. The first-order valence-electron chi connectivity index (χ1n) is 6.16. The SMILES string of the molecule is CNS(=O)(=O)c1ccc(N2CCC(F)CC2)c(N)c1. The number of alkyl halides is 1. The molecule has 1 saturated heterocycles. The predicted molar refractivity (Wildman–Crippen MR) is 73.4 cm³/mol. The zero-order chi connectivity index (χ0) is 14.0. The molecule has 7 heteroatoms. The normalized spacial score (nSPS) is 17.7. The second-order valence-electron chi connectivity index (χ2n) is 4.59. The summed E-state index contributed by atoms with van der Waals surface area (Å²) in [5.41, 5.74) is 7.07. The minimum absolute atomic E-state index is 0.136. The van der Waals surface area contributed by atoms with E-state index < -0.39 is 16.2 Å². The molecule has 0 radical (unpaired) electrons. The van der Waals surface area contributed by atoms with Gasteiger partial charge in [0.2, 0.25) is 10.0 Å². The Morgan fingerprint density at radius 1 is 1.37 bits per heavy atom. The number of nitrogens with two attached hydrogens (primary N) is 1. The maximum Gasteiger partial charge on any atom is 0.240 e. The fraction of sp³-hybridized carbons (Fsp3) is 0.500. The molecule has 1 aromatic rings. The van der Waals surface area contributed by atoms with Crippen LogP contribution < -0.4 is 15.4 Å². The van der Waals surface area contributed by atoms with E-state index in [1.807, 2.05) is 4.90 Å². The lowest BCUT2D eigenvalue weighted by Crippen LogP contribution is -2.34. The van der Waals surface area contributed by atoms with Gasteiger partial charge in [0.25, 0.3) is 0 Å². The predicted octanol–water partition coefficient (Wildman–Crippen LogP) is 1.12. The summed E-state index contributed by atoms with van der Waals surface area (Å²) in [5.74, 6) is 0. The van der Waals surface area contributed by atoms with Gasteiger partial charge in [-0.15, -0.1) is 0 Å². The van der Waals surface area contributed by atoms with Gasteiger partial charge < -0.3 is 10.6 Å². The molecule has 0 spiro atoms. The summed E-state index contributed by atoms with van der Waals surface area (Å²) in [5, 5.41) is 0. The van der Waals surface area contributed by atoms with Crippen LogP contribution in [0.4, 0.5) is 15.8 Å². The summed E-state index contributed by atoms with van der Waals surface area (Å²) in [6, 6.07) is 4.62. The number of sulfonamides is 1. The van der Waals surface area contributed by atoms with Crippen LogP contribution in [0.1, 0.15) is 12.8 Å². The lowest BCUT2D eigenvalue weighted by molar-refractivity contribution is 0.277. The molecule has 3 N–H and O–H groups in total. The van der Waals surface area contributed by atoms with Gasteiger partial charge in [0, 0.05) is 13.1 Å². The van der Waals surface area contributed by atoms with E-state index in [4.69, 9.17) is 5.73 Å². The van der Waals surface area contributed by atoms with E-state index >= 15 is 0 Å². The van der Waals surface area contributed by atoms with E-state index in [9.17, 15) is 12.8 Å². The van der Waals surface area contributed by atoms with Gasteiger partial charge in [-0.25, -0.2) is 17.5 Å². The van der Waals surface area contributed by atoms with Crippen LogP contribution in [0.2, 0.25) is 0 Å². The van der Waals surface area contributed by atoms with Crippen molar-refractivity contribution in [3.63, 3.8) is 0 Å². The number of nitrogens with zero attached hydrogens (tertiary/aromatic N) is 1. The molecular weight excluding hydrogens is 269 g/mol. The van der Waals surface area contributed by atoms with E-state index in [0.717, 1.165) is 5.69 Å². The Labute approximate surface area is 112 Å². The van der Waals surface area contributed by atoms with Gasteiger partial charge in [-0.2, -0.15) is 0 Å². The van der Waals surface area contributed by atoms with Crippen LogP contribution in [0, 0.1) is 0 Å². The molecule has 2 rings (SSSR count). The summed E-state index contributed by atoms with van der Waals surface area (Å²) >= 11 is 0. The van der Waals surface area contributed by atoms with E-state index in [0.29, 0.717) is 31.6 Å². The van der Waals surface area contributed by atoms with Crippen molar-refractivity contribution in [3.8, 4) is 0 Å². The number of halogens is 1. The van der Waals surface area contributed by atoms with Gasteiger partial charge in [-0.3, -0.25) is 0 Å². The first-order valence-corrected chi connectivity index (χ1v) is 7.64. The molecule has 19 heavy (non-hydrogen) atoms. The van der Waals surface area contributed by atoms with Crippen molar-refractivity contribution >= 4 is 21.4 Å². The molecule has 0 aliphatic carbocycles. The fourth-order valence-electron chi connectivity index (χ4n) is 2.19. The Hall–Kier alpha value is -1.34. The molecule has 0 atom stereocenters. The Morgan fingerprint density at radius 3 is 2.53 bits per heavy atom. The van der Waals surface area contributed by atoms with Gasteiger partial charge in [0.1, 0.15) is 6.17 Å². The van der Waals surface area contributed by atoms with Crippen molar-refractivity contribution in [1.82, 2.24) is 4.72 Å². The maximum atomic E-state index is 13.1. The summed E-state index contributed by atoms with van der Waals surface area (Å²) < 4.78 is 38.6. The highest BCUT2D eigenvalue weighted by Crippen LogP contribution is 2.29. The highest BCUT2D eigenvalue weighted by atomic mass is 32.2. The van der Waals surface area contributed by atoms with Crippen LogP contribution in [0.25, 0.3) is 0 Å². The number of hydrogen-bond acceptors (Lipinski definition) is 4. The third-order valence-electron chi connectivity index (χ3n) is 3.34. The van der Waals surface area contributed by atoms with Crippen LogP contribution in [0.5, 0.6) is 0 Å². The van der Waals surface area contributed by atoms with Crippen LogP contribution in [-0.2, 0) is 10.0 Å². The van der Waals surface area contributed by atoms with Crippen LogP contribution >= 0.6 is 0 Å². The van der Waals surface area contributed by atoms with Crippen molar-refractivity contribution in [2.45, 2.75) is 23.9 Å². The average Bonchev–Trinajstić information content (AvgIpc) is 2.40. The summed E-state index contributed by atoms with van der Waals surface area (Å²) in [4.78, 5) is 2.12. The maximum absolute atomic E-state index is 13.1. The monoisotopic (exact) mass is 287 g/mol. The number of piperidine rings is 1. The Kier molecular flexibility index (Phi) is 3.96. The highest BCUT2D eigenvalue weighted by molar-refractivity contribution is 7.89. The Balaban J connectivity index is 2.25. The molecule has 0 bridgehead atoms.